The standard InChI is InChI=1S/C19H17ClF3N3O/c20-14-6-13(19(21,22)23)10-24-15(14)17(27)26-16(12-4-2-1-3-5-12)18-7-11(8-18)9-25-18/h1-6,10-11,16,25H,7-9H2,(H,26,27). The zero-order valence-electron chi connectivity index (χ0n) is 14.2. The summed E-state index contributed by atoms with van der Waals surface area (Å²) in [6.45, 7) is 0.901. The average molecular weight is 396 g/mol. The summed E-state index contributed by atoms with van der Waals surface area (Å²) in [5.74, 6) is 0.00926. The fourth-order valence-electron chi connectivity index (χ4n) is 4.09. The third-order valence-corrected chi connectivity index (χ3v) is 5.68. The maximum Gasteiger partial charge on any atom is 0.417 e. The lowest BCUT2D eigenvalue weighted by Gasteiger charge is -2.44. The molecular formula is C19H17ClF3N3O. The minimum atomic E-state index is -4.56. The second kappa shape index (κ2) is 6.49. The molecule has 142 valence electrons. The van der Waals surface area contributed by atoms with Crippen LogP contribution >= 0.6 is 11.6 Å². The van der Waals surface area contributed by atoms with Crippen LogP contribution < -0.4 is 10.6 Å². The SMILES string of the molecule is O=C(NC(c1ccccc1)C12CC(CN1)C2)c1ncc(C(F)(F)F)cc1Cl. The maximum absolute atomic E-state index is 12.8. The van der Waals surface area contributed by atoms with Crippen molar-refractivity contribution < 1.29 is 18.0 Å². The molecule has 2 saturated heterocycles. The van der Waals surface area contributed by atoms with E-state index in [-0.39, 0.29) is 22.3 Å². The monoisotopic (exact) mass is 395 g/mol. The average Bonchev–Trinajstić information content (AvgIpc) is 3.21. The Morgan fingerprint density at radius 1 is 1.30 bits per heavy atom. The van der Waals surface area contributed by atoms with Gasteiger partial charge in [-0.25, -0.2) is 4.98 Å². The number of aromatic nitrogens is 1. The number of carbonyl (C=O) groups excluding carboxylic acids is 1. The number of fused-ring (bicyclic) bond motifs is 1. The van der Waals surface area contributed by atoms with Gasteiger partial charge in [0.1, 0.15) is 5.69 Å². The minimum Gasteiger partial charge on any atom is -0.342 e. The number of amides is 1. The van der Waals surface area contributed by atoms with Crippen LogP contribution in [-0.4, -0.2) is 23.0 Å². The van der Waals surface area contributed by atoms with Crippen molar-refractivity contribution in [3.63, 3.8) is 0 Å². The molecular weight excluding hydrogens is 379 g/mol. The second-order valence-corrected chi connectivity index (χ2v) is 7.59. The number of pyridine rings is 1. The molecule has 1 aromatic heterocycles. The van der Waals surface area contributed by atoms with Crippen molar-refractivity contribution in [1.29, 1.82) is 0 Å². The molecule has 4 nitrogen and oxygen atoms in total. The van der Waals surface area contributed by atoms with Crippen molar-refractivity contribution in [3.05, 3.63) is 64.4 Å². The van der Waals surface area contributed by atoms with Crippen LogP contribution in [0.15, 0.2) is 42.6 Å². The molecule has 1 aromatic carbocycles. The van der Waals surface area contributed by atoms with Gasteiger partial charge in [0.05, 0.1) is 16.6 Å². The summed E-state index contributed by atoms with van der Waals surface area (Å²) in [5, 5.41) is 6.11. The molecule has 2 aromatic rings. The van der Waals surface area contributed by atoms with Crippen LogP contribution in [0, 0.1) is 5.92 Å². The van der Waals surface area contributed by atoms with Crippen molar-refractivity contribution in [2.45, 2.75) is 30.6 Å². The normalized spacial score (nSPS) is 25.0. The highest BCUT2D eigenvalue weighted by molar-refractivity contribution is 6.33. The van der Waals surface area contributed by atoms with E-state index in [1.54, 1.807) is 0 Å². The van der Waals surface area contributed by atoms with Gasteiger partial charge in [-0.1, -0.05) is 41.9 Å². The van der Waals surface area contributed by atoms with E-state index in [4.69, 9.17) is 11.6 Å². The van der Waals surface area contributed by atoms with E-state index >= 15 is 0 Å². The maximum atomic E-state index is 12.8. The Hall–Kier alpha value is -2.12. The Labute approximate surface area is 159 Å². The predicted octanol–water partition coefficient (Wildman–Crippen LogP) is 3.98. The Bertz CT molecular complexity index is 861. The first kappa shape index (κ1) is 18.3. The van der Waals surface area contributed by atoms with Crippen molar-refractivity contribution in [2.24, 2.45) is 5.92 Å². The third-order valence-electron chi connectivity index (χ3n) is 5.39. The highest BCUT2D eigenvalue weighted by atomic mass is 35.5. The van der Waals surface area contributed by atoms with E-state index in [2.05, 4.69) is 15.6 Å². The highest BCUT2D eigenvalue weighted by Gasteiger charge is 2.55. The van der Waals surface area contributed by atoms with Crippen LogP contribution in [0.4, 0.5) is 13.2 Å². The molecule has 27 heavy (non-hydrogen) atoms. The van der Waals surface area contributed by atoms with E-state index in [1.807, 2.05) is 30.3 Å². The molecule has 0 spiro atoms. The molecule has 3 fully saturated rings. The van der Waals surface area contributed by atoms with Gasteiger partial charge in [-0.2, -0.15) is 13.2 Å². The minimum absolute atomic E-state index is 0.212. The molecule has 1 atom stereocenters. The van der Waals surface area contributed by atoms with Crippen LogP contribution in [0.5, 0.6) is 0 Å². The van der Waals surface area contributed by atoms with E-state index in [0.717, 1.165) is 31.0 Å². The summed E-state index contributed by atoms with van der Waals surface area (Å²) in [6.07, 6.45) is -2.04. The molecule has 5 rings (SSSR count). The molecule has 0 radical (unpaired) electrons. The summed E-state index contributed by atoms with van der Waals surface area (Å²) >= 11 is 5.93. The van der Waals surface area contributed by atoms with E-state index < -0.39 is 17.6 Å². The summed E-state index contributed by atoms with van der Waals surface area (Å²) in [5.41, 5.74) is -0.501. The van der Waals surface area contributed by atoms with Crippen molar-refractivity contribution in [3.8, 4) is 0 Å². The van der Waals surface area contributed by atoms with Gasteiger partial charge in [-0.05, 0) is 36.9 Å². The first-order valence-corrected chi connectivity index (χ1v) is 9.00. The number of nitrogens with zero attached hydrogens (tertiary/aromatic N) is 1. The molecule has 2 N–H and O–H groups in total. The number of rotatable bonds is 4. The molecule has 2 aliphatic heterocycles. The zero-order chi connectivity index (χ0) is 19.2. The van der Waals surface area contributed by atoms with Gasteiger partial charge in [-0.3, -0.25) is 4.79 Å². The molecule has 1 unspecified atom stereocenters. The van der Waals surface area contributed by atoms with E-state index in [0.29, 0.717) is 12.1 Å². The molecule has 2 bridgehead atoms. The predicted molar refractivity (Wildman–Crippen MR) is 94.4 cm³/mol. The van der Waals surface area contributed by atoms with Crippen molar-refractivity contribution in [2.75, 3.05) is 6.54 Å². The lowest BCUT2D eigenvalue weighted by atomic mass is 9.67. The zero-order valence-corrected chi connectivity index (χ0v) is 14.9. The first-order valence-electron chi connectivity index (χ1n) is 8.62. The molecule has 1 aliphatic carbocycles. The molecule has 8 heteroatoms. The smallest absolute Gasteiger partial charge is 0.342 e. The lowest BCUT2D eigenvalue weighted by molar-refractivity contribution is -0.137. The Kier molecular flexibility index (Phi) is 4.39. The van der Waals surface area contributed by atoms with Crippen LogP contribution in [0.2, 0.25) is 5.02 Å². The van der Waals surface area contributed by atoms with E-state index in [1.165, 1.54) is 0 Å². The second-order valence-electron chi connectivity index (χ2n) is 7.18. The number of alkyl halides is 3. The summed E-state index contributed by atoms with van der Waals surface area (Å²) in [7, 11) is 0. The Morgan fingerprint density at radius 3 is 2.56 bits per heavy atom. The van der Waals surface area contributed by atoms with Crippen LogP contribution in [0.3, 0.4) is 0 Å². The lowest BCUT2D eigenvalue weighted by Crippen LogP contribution is -2.54. The first-order chi connectivity index (χ1) is 12.8. The fourth-order valence-corrected chi connectivity index (χ4v) is 4.34. The van der Waals surface area contributed by atoms with Crippen LogP contribution in [-0.2, 0) is 6.18 Å². The molecule has 3 aliphatic rings. The van der Waals surface area contributed by atoms with E-state index in [9.17, 15) is 18.0 Å². The molecule has 1 amide bonds. The molecule has 1 saturated carbocycles. The third kappa shape index (κ3) is 3.30. The summed E-state index contributed by atoms with van der Waals surface area (Å²) in [4.78, 5) is 16.4. The van der Waals surface area contributed by atoms with Crippen LogP contribution in [0.25, 0.3) is 0 Å². The van der Waals surface area contributed by atoms with Crippen molar-refractivity contribution >= 4 is 17.5 Å². The number of hydrogen-bond donors (Lipinski definition) is 2. The van der Waals surface area contributed by atoms with Gasteiger partial charge in [0, 0.05) is 11.7 Å². The summed E-state index contributed by atoms with van der Waals surface area (Å²) in [6, 6.07) is 9.93. The largest absolute Gasteiger partial charge is 0.417 e. The van der Waals surface area contributed by atoms with Gasteiger partial charge < -0.3 is 10.6 Å². The highest BCUT2D eigenvalue weighted by Crippen LogP contribution is 2.50. The van der Waals surface area contributed by atoms with Crippen LogP contribution in [0.1, 0.15) is 40.5 Å². The Morgan fingerprint density at radius 2 is 2.00 bits per heavy atom. The number of hydrogen-bond acceptors (Lipinski definition) is 3. The quantitative estimate of drug-likeness (QED) is 0.823. The summed E-state index contributed by atoms with van der Waals surface area (Å²) < 4.78 is 38.4. The topological polar surface area (TPSA) is 54.0 Å². The van der Waals surface area contributed by atoms with Gasteiger partial charge in [0.2, 0.25) is 0 Å². The van der Waals surface area contributed by atoms with Crippen molar-refractivity contribution in [1.82, 2.24) is 15.6 Å². The number of nitrogens with one attached hydrogen (secondary N) is 2. The number of halogens is 4. The fraction of sp³-hybridized carbons (Fsp3) is 0.368. The van der Waals surface area contributed by atoms with Gasteiger partial charge >= 0.3 is 6.18 Å². The molecule has 3 heterocycles. The Balaban J connectivity index is 1.61. The van der Waals surface area contributed by atoms with Gasteiger partial charge in [0.25, 0.3) is 5.91 Å². The van der Waals surface area contributed by atoms with Gasteiger partial charge in [0.15, 0.2) is 0 Å². The number of benzene rings is 1. The number of carbonyl (C=O) groups is 1. The van der Waals surface area contributed by atoms with Gasteiger partial charge in [-0.15, -0.1) is 0 Å².